The molecular formula is C14H16FN. The van der Waals surface area contributed by atoms with Crippen LogP contribution >= 0.6 is 0 Å². The van der Waals surface area contributed by atoms with E-state index in [0.29, 0.717) is 5.56 Å². The summed E-state index contributed by atoms with van der Waals surface area (Å²) < 4.78 is 13.5. The van der Waals surface area contributed by atoms with Gasteiger partial charge in [-0.3, -0.25) is 4.98 Å². The topological polar surface area (TPSA) is 12.9 Å². The number of aromatic nitrogens is 1. The molecule has 1 aromatic heterocycles. The summed E-state index contributed by atoms with van der Waals surface area (Å²) in [5.74, 6) is -0.176. The van der Waals surface area contributed by atoms with Crippen molar-refractivity contribution < 1.29 is 4.39 Å². The predicted molar refractivity (Wildman–Crippen MR) is 65.3 cm³/mol. The van der Waals surface area contributed by atoms with Crippen molar-refractivity contribution in [3.63, 3.8) is 0 Å². The van der Waals surface area contributed by atoms with Crippen molar-refractivity contribution in [2.24, 2.45) is 0 Å². The molecule has 2 rings (SSSR count). The summed E-state index contributed by atoms with van der Waals surface area (Å²) in [4.78, 5) is 4.52. The number of fused-ring (bicyclic) bond motifs is 1. The van der Waals surface area contributed by atoms with E-state index in [9.17, 15) is 4.39 Å². The molecule has 2 heteroatoms. The highest BCUT2D eigenvalue weighted by Gasteiger charge is 2.09. The molecule has 0 amide bonds. The Labute approximate surface area is 95.3 Å². The van der Waals surface area contributed by atoms with Crippen LogP contribution in [0.5, 0.6) is 0 Å². The Hall–Kier alpha value is -1.44. The Kier molecular flexibility index (Phi) is 2.66. The largest absolute Gasteiger partial charge is 0.252 e. The van der Waals surface area contributed by atoms with Crippen LogP contribution in [0.4, 0.5) is 4.39 Å². The number of aryl methyl sites for hydroxylation is 3. The van der Waals surface area contributed by atoms with Gasteiger partial charge in [0.25, 0.3) is 0 Å². The van der Waals surface area contributed by atoms with Crippen molar-refractivity contribution in [3.05, 3.63) is 40.3 Å². The van der Waals surface area contributed by atoms with Gasteiger partial charge in [-0.05, 0) is 49.9 Å². The zero-order valence-electron chi connectivity index (χ0n) is 10.2. The van der Waals surface area contributed by atoms with E-state index in [1.807, 2.05) is 6.07 Å². The van der Waals surface area contributed by atoms with Crippen LogP contribution in [0, 0.1) is 26.6 Å². The summed E-state index contributed by atoms with van der Waals surface area (Å²) in [6, 6.07) is 3.43. The van der Waals surface area contributed by atoms with E-state index in [1.54, 1.807) is 6.92 Å². The monoisotopic (exact) mass is 217 g/mol. The summed E-state index contributed by atoms with van der Waals surface area (Å²) in [6.45, 7) is 8.03. The molecule has 0 aliphatic heterocycles. The van der Waals surface area contributed by atoms with Crippen LogP contribution in [0.3, 0.4) is 0 Å². The molecule has 0 N–H and O–H groups in total. The molecule has 0 radical (unpaired) electrons. The number of nitrogens with zero attached hydrogens (tertiary/aromatic N) is 1. The van der Waals surface area contributed by atoms with Gasteiger partial charge in [0.1, 0.15) is 5.82 Å². The van der Waals surface area contributed by atoms with Gasteiger partial charge in [-0.1, -0.05) is 6.92 Å². The zero-order chi connectivity index (χ0) is 11.9. The van der Waals surface area contributed by atoms with Gasteiger partial charge in [0.15, 0.2) is 0 Å². The average molecular weight is 217 g/mol. The molecule has 0 aliphatic rings. The van der Waals surface area contributed by atoms with E-state index in [1.165, 1.54) is 17.2 Å². The molecule has 0 atom stereocenters. The van der Waals surface area contributed by atoms with Gasteiger partial charge in [-0.15, -0.1) is 0 Å². The highest BCUT2D eigenvalue weighted by Crippen LogP contribution is 2.25. The van der Waals surface area contributed by atoms with Gasteiger partial charge in [0.2, 0.25) is 0 Å². The second-order valence-corrected chi connectivity index (χ2v) is 4.28. The lowest BCUT2D eigenvalue weighted by Crippen LogP contribution is -1.98. The number of benzene rings is 1. The Balaban J connectivity index is 2.87. The molecule has 0 spiro atoms. The molecule has 16 heavy (non-hydrogen) atoms. The highest BCUT2D eigenvalue weighted by atomic mass is 19.1. The number of hydrogen-bond acceptors (Lipinski definition) is 1. The van der Waals surface area contributed by atoms with Crippen molar-refractivity contribution in [3.8, 4) is 0 Å². The summed E-state index contributed by atoms with van der Waals surface area (Å²) in [7, 11) is 0. The number of hydrogen-bond donors (Lipinski definition) is 0. The minimum atomic E-state index is -0.176. The second-order valence-electron chi connectivity index (χ2n) is 4.28. The van der Waals surface area contributed by atoms with E-state index in [0.717, 1.165) is 23.0 Å². The van der Waals surface area contributed by atoms with Crippen LogP contribution < -0.4 is 0 Å². The quantitative estimate of drug-likeness (QED) is 0.706. The molecule has 0 fully saturated rings. The van der Waals surface area contributed by atoms with Crippen molar-refractivity contribution in [2.45, 2.75) is 34.1 Å². The van der Waals surface area contributed by atoms with Crippen LogP contribution in [0.1, 0.15) is 29.3 Å². The Bertz CT molecular complexity index is 558. The van der Waals surface area contributed by atoms with E-state index in [-0.39, 0.29) is 5.82 Å². The maximum absolute atomic E-state index is 13.5. The average Bonchev–Trinajstić information content (AvgIpc) is 2.26. The third kappa shape index (κ3) is 1.58. The second kappa shape index (κ2) is 3.85. The van der Waals surface area contributed by atoms with Gasteiger partial charge < -0.3 is 0 Å². The molecule has 1 aromatic carbocycles. The summed E-state index contributed by atoms with van der Waals surface area (Å²) in [6.07, 6.45) is 0.887. The molecule has 0 saturated heterocycles. The highest BCUT2D eigenvalue weighted by molar-refractivity contribution is 5.84. The molecule has 0 aliphatic carbocycles. The van der Waals surface area contributed by atoms with Crippen LogP contribution in [-0.2, 0) is 6.42 Å². The molecule has 0 saturated carbocycles. The lowest BCUT2D eigenvalue weighted by atomic mass is 10.00. The first kappa shape index (κ1) is 11.1. The third-order valence-electron chi connectivity index (χ3n) is 3.27. The Morgan fingerprint density at radius 1 is 1.12 bits per heavy atom. The lowest BCUT2D eigenvalue weighted by Gasteiger charge is -2.11. The summed E-state index contributed by atoms with van der Waals surface area (Å²) in [5, 5.41) is 1.06. The zero-order valence-corrected chi connectivity index (χ0v) is 10.2. The molecular weight excluding hydrogens is 201 g/mol. The van der Waals surface area contributed by atoms with Crippen molar-refractivity contribution >= 4 is 10.9 Å². The normalized spacial score (nSPS) is 11.1. The van der Waals surface area contributed by atoms with E-state index in [4.69, 9.17) is 0 Å². The maximum atomic E-state index is 13.5. The molecule has 0 bridgehead atoms. The van der Waals surface area contributed by atoms with Crippen LogP contribution in [0.25, 0.3) is 10.9 Å². The molecule has 1 heterocycles. The minimum Gasteiger partial charge on any atom is -0.252 e. The maximum Gasteiger partial charge on any atom is 0.128 e. The van der Waals surface area contributed by atoms with Gasteiger partial charge >= 0.3 is 0 Å². The first-order chi connectivity index (χ1) is 7.54. The van der Waals surface area contributed by atoms with Crippen LogP contribution in [0.2, 0.25) is 0 Å². The fourth-order valence-corrected chi connectivity index (χ4v) is 2.06. The van der Waals surface area contributed by atoms with Gasteiger partial charge in [0, 0.05) is 17.1 Å². The van der Waals surface area contributed by atoms with E-state index < -0.39 is 0 Å². The lowest BCUT2D eigenvalue weighted by molar-refractivity contribution is 0.620. The Morgan fingerprint density at radius 2 is 1.81 bits per heavy atom. The number of rotatable bonds is 1. The summed E-state index contributed by atoms with van der Waals surface area (Å²) >= 11 is 0. The van der Waals surface area contributed by atoms with Crippen LogP contribution in [-0.4, -0.2) is 4.98 Å². The summed E-state index contributed by atoms with van der Waals surface area (Å²) in [5.41, 5.74) is 4.95. The molecule has 1 nitrogen and oxygen atoms in total. The van der Waals surface area contributed by atoms with Gasteiger partial charge in [0.05, 0.1) is 5.52 Å². The molecule has 84 valence electrons. The molecule has 2 aromatic rings. The van der Waals surface area contributed by atoms with Crippen molar-refractivity contribution in [1.29, 1.82) is 0 Å². The van der Waals surface area contributed by atoms with E-state index in [2.05, 4.69) is 25.8 Å². The van der Waals surface area contributed by atoms with E-state index >= 15 is 0 Å². The standard InChI is InChI=1S/C14H16FN/c1-5-13-10(4)9(3)11-6-8(2)12(15)7-14(11)16-13/h6-7H,5H2,1-4H3. The van der Waals surface area contributed by atoms with Crippen molar-refractivity contribution in [2.75, 3.05) is 0 Å². The van der Waals surface area contributed by atoms with Gasteiger partial charge in [-0.25, -0.2) is 4.39 Å². The SMILES string of the molecule is CCc1nc2cc(F)c(C)cc2c(C)c1C. The fourth-order valence-electron chi connectivity index (χ4n) is 2.06. The molecule has 0 unspecified atom stereocenters. The third-order valence-corrected chi connectivity index (χ3v) is 3.27. The smallest absolute Gasteiger partial charge is 0.128 e. The van der Waals surface area contributed by atoms with Gasteiger partial charge in [-0.2, -0.15) is 0 Å². The fraction of sp³-hybridized carbons (Fsp3) is 0.357. The number of pyridine rings is 1. The number of halogens is 1. The first-order valence-electron chi connectivity index (χ1n) is 5.60. The predicted octanol–water partition coefficient (Wildman–Crippen LogP) is 3.86. The first-order valence-corrected chi connectivity index (χ1v) is 5.60. The van der Waals surface area contributed by atoms with Crippen molar-refractivity contribution in [1.82, 2.24) is 4.98 Å². The minimum absolute atomic E-state index is 0.176. The Morgan fingerprint density at radius 3 is 2.44 bits per heavy atom. The van der Waals surface area contributed by atoms with Crippen LogP contribution in [0.15, 0.2) is 12.1 Å².